The molecule has 0 aliphatic heterocycles. The van der Waals surface area contributed by atoms with Gasteiger partial charge in [0.05, 0.1) is 51.1 Å². The minimum atomic E-state index is -0.741. The summed E-state index contributed by atoms with van der Waals surface area (Å²) in [4.78, 5) is 4.46. The first-order valence-corrected chi connectivity index (χ1v) is 9.13. The monoisotopic (exact) mass is 386 g/mol. The fraction of sp³-hybridized carbons (Fsp3) is 0.381. The number of aliphatic hydroxyl groups excluding tert-OH is 2. The molecule has 0 amide bonds. The Hall–Kier alpha value is -2.61. The van der Waals surface area contributed by atoms with Crippen LogP contribution in [0.4, 0.5) is 0 Å². The van der Waals surface area contributed by atoms with E-state index in [1.807, 2.05) is 47.0 Å². The Balaban J connectivity index is 1.63. The number of imidazole rings is 1. The number of para-hydroxylation sites is 2. The number of hydrogen-bond donors (Lipinski definition) is 2. The fourth-order valence-corrected chi connectivity index (χ4v) is 3.15. The Morgan fingerprint density at radius 1 is 1.04 bits per heavy atom. The largest absolute Gasteiger partial charge is 0.493 e. The smallest absolute Gasteiger partial charge is 0.161 e. The summed E-state index contributed by atoms with van der Waals surface area (Å²) in [5.74, 6) is 1.82. The molecule has 0 spiro atoms. The van der Waals surface area contributed by atoms with Crippen molar-refractivity contribution in [3.05, 3.63) is 53.9 Å². The molecule has 0 saturated carbocycles. The van der Waals surface area contributed by atoms with Crippen molar-refractivity contribution in [1.82, 2.24) is 9.55 Å². The van der Waals surface area contributed by atoms with E-state index in [0.717, 1.165) is 16.6 Å². The van der Waals surface area contributed by atoms with E-state index in [0.29, 0.717) is 23.9 Å². The third-order valence-electron chi connectivity index (χ3n) is 4.48. The van der Waals surface area contributed by atoms with E-state index in [9.17, 15) is 10.2 Å². The number of aliphatic hydroxyl groups is 2. The molecule has 0 unspecified atom stereocenters. The van der Waals surface area contributed by atoms with Crippen LogP contribution in [0, 0.1) is 0 Å². The van der Waals surface area contributed by atoms with Crippen molar-refractivity contribution in [1.29, 1.82) is 0 Å². The normalized spacial score (nSPS) is 13.5. The standard InChI is InChI=1S/C21H26N2O5/c1-14(24)21-22-17-6-4-5-7-18(17)23(21)11-16(25)13-28-12-15-8-9-19(26-2)20(10-15)27-3/h4-10,14,16,24-25H,11-13H2,1-3H3/t14-,16-/m0/s1. The predicted molar refractivity (Wildman–Crippen MR) is 106 cm³/mol. The molecule has 2 atom stereocenters. The van der Waals surface area contributed by atoms with Crippen molar-refractivity contribution in [3.63, 3.8) is 0 Å². The van der Waals surface area contributed by atoms with Gasteiger partial charge in [0.25, 0.3) is 0 Å². The molecule has 0 aliphatic rings. The number of benzene rings is 2. The van der Waals surface area contributed by atoms with E-state index in [4.69, 9.17) is 14.2 Å². The lowest BCUT2D eigenvalue weighted by molar-refractivity contribution is 0.0195. The molecule has 28 heavy (non-hydrogen) atoms. The molecule has 1 aromatic heterocycles. The lowest BCUT2D eigenvalue weighted by Crippen LogP contribution is -2.23. The SMILES string of the molecule is COc1ccc(COC[C@@H](O)Cn2c([C@H](C)O)nc3ccccc32)cc1OC. The van der Waals surface area contributed by atoms with Crippen molar-refractivity contribution in [2.24, 2.45) is 0 Å². The first-order valence-electron chi connectivity index (χ1n) is 9.13. The number of aromatic nitrogens is 2. The highest BCUT2D eigenvalue weighted by Gasteiger charge is 2.17. The molecular formula is C21H26N2O5. The van der Waals surface area contributed by atoms with Gasteiger partial charge in [-0.15, -0.1) is 0 Å². The Morgan fingerprint density at radius 3 is 2.50 bits per heavy atom. The highest BCUT2D eigenvalue weighted by molar-refractivity contribution is 5.76. The maximum absolute atomic E-state index is 10.4. The second-order valence-electron chi connectivity index (χ2n) is 6.60. The van der Waals surface area contributed by atoms with Crippen LogP contribution in [0.15, 0.2) is 42.5 Å². The Labute approximate surface area is 164 Å². The molecule has 3 aromatic rings. The van der Waals surface area contributed by atoms with Crippen LogP contribution in [-0.2, 0) is 17.9 Å². The van der Waals surface area contributed by atoms with Gasteiger partial charge < -0.3 is 29.0 Å². The Kier molecular flexibility index (Phi) is 6.51. The van der Waals surface area contributed by atoms with Gasteiger partial charge in [-0.2, -0.15) is 0 Å². The predicted octanol–water partition coefficient (Wildman–Crippen LogP) is 2.68. The number of ether oxygens (including phenoxy) is 3. The van der Waals surface area contributed by atoms with Crippen molar-refractivity contribution >= 4 is 11.0 Å². The fourth-order valence-electron chi connectivity index (χ4n) is 3.15. The molecule has 2 aromatic carbocycles. The maximum Gasteiger partial charge on any atom is 0.161 e. The number of methoxy groups -OCH3 is 2. The quantitative estimate of drug-likeness (QED) is 0.588. The summed E-state index contributed by atoms with van der Waals surface area (Å²) >= 11 is 0. The minimum Gasteiger partial charge on any atom is -0.493 e. The molecule has 1 heterocycles. The minimum absolute atomic E-state index is 0.153. The lowest BCUT2D eigenvalue weighted by atomic mass is 10.2. The molecule has 0 bridgehead atoms. The molecule has 3 rings (SSSR count). The van der Waals surface area contributed by atoms with Gasteiger partial charge in [0, 0.05) is 0 Å². The number of hydrogen-bond acceptors (Lipinski definition) is 6. The third kappa shape index (κ3) is 4.44. The molecule has 0 radical (unpaired) electrons. The van der Waals surface area contributed by atoms with E-state index in [-0.39, 0.29) is 13.2 Å². The van der Waals surface area contributed by atoms with Gasteiger partial charge >= 0.3 is 0 Å². The zero-order valence-electron chi connectivity index (χ0n) is 16.3. The lowest BCUT2D eigenvalue weighted by Gasteiger charge is -2.16. The van der Waals surface area contributed by atoms with E-state index >= 15 is 0 Å². The summed E-state index contributed by atoms with van der Waals surface area (Å²) in [6.45, 7) is 2.44. The van der Waals surface area contributed by atoms with Crippen molar-refractivity contribution in [2.75, 3.05) is 20.8 Å². The molecular weight excluding hydrogens is 360 g/mol. The highest BCUT2D eigenvalue weighted by atomic mass is 16.5. The number of rotatable bonds is 9. The van der Waals surface area contributed by atoms with Crippen LogP contribution in [-0.4, -0.2) is 46.7 Å². The molecule has 7 nitrogen and oxygen atoms in total. The first-order chi connectivity index (χ1) is 13.5. The summed E-state index contributed by atoms with van der Waals surface area (Å²) in [6, 6.07) is 13.2. The van der Waals surface area contributed by atoms with Crippen molar-refractivity contribution in [2.45, 2.75) is 32.3 Å². The molecule has 7 heteroatoms. The van der Waals surface area contributed by atoms with E-state index in [1.165, 1.54) is 0 Å². The third-order valence-corrected chi connectivity index (χ3v) is 4.48. The van der Waals surface area contributed by atoms with Crippen LogP contribution in [0.1, 0.15) is 24.4 Å². The first kappa shape index (κ1) is 20.1. The van der Waals surface area contributed by atoms with E-state index < -0.39 is 12.2 Å². The van der Waals surface area contributed by atoms with Crippen LogP contribution >= 0.6 is 0 Å². The number of fused-ring (bicyclic) bond motifs is 1. The zero-order valence-corrected chi connectivity index (χ0v) is 16.3. The van der Waals surface area contributed by atoms with Crippen molar-refractivity contribution in [3.8, 4) is 11.5 Å². The summed E-state index contributed by atoms with van der Waals surface area (Å²) in [5, 5.41) is 20.5. The van der Waals surface area contributed by atoms with Gasteiger partial charge in [0.1, 0.15) is 11.9 Å². The van der Waals surface area contributed by atoms with Gasteiger partial charge in [0.2, 0.25) is 0 Å². The van der Waals surface area contributed by atoms with Gasteiger partial charge in [-0.1, -0.05) is 18.2 Å². The summed E-state index contributed by atoms with van der Waals surface area (Å²) in [7, 11) is 3.17. The average molecular weight is 386 g/mol. The van der Waals surface area contributed by atoms with Crippen molar-refractivity contribution < 1.29 is 24.4 Å². The topological polar surface area (TPSA) is 86.0 Å². The maximum atomic E-state index is 10.4. The van der Waals surface area contributed by atoms with Crippen LogP contribution in [0.2, 0.25) is 0 Å². The molecule has 0 fully saturated rings. The van der Waals surface area contributed by atoms with Crippen LogP contribution in [0.25, 0.3) is 11.0 Å². The van der Waals surface area contributed by atoms with Crippen LogP contribution < -0.4 is 9.47 Å². The average Bonchev–Trinajstić information content (AvgIpc) is 3.06. The molecule has 150 valence electrons. The van der Waals surface area contributed by atoms with Gasteiger partial charge in [0.15, 0.2) is 11.5 Å². The number of nitrogens with zero attached hydrogens (tertiary/aromatic N) is 2. The second kappa shape index (κ2) is 9.05. The van der Waals surface area contributed by atoms with E-state index in [2.05, 4.69) is 4.98 Å². The highest BCUT2D eigenvalue weighted by Crippen LogP contribution is 2.28. The van der Waals surface area contributed by atoms with Gasteiger partial charge in [-0.3, -0.25) is 0 Å². The Bertz CT molecular complexity index is 922. The van der Waals surface area contributed by atoms with Crippen LogP contribution in [0.3, 0.4) is 0 Å². The zero-order chi connectivity index (χ0) is 20.1. The van der Waals surface area contributed by atoms with E-state index in [1.54, 1.807) is 21.1 Å². The molecule has 0 saturated heterocycles. The van der Waals surface area contributed by atoms with Gasteiger partial charge in [-0.05, 0) is 36.8 Å². The summed E-state index contributed by atoms with van der Waals surface area (Å²) in [6.07, 6.45) is -1.47. The summed E-state index contributed by atoms with van der Waals surface area (Å²) < 4.78 is 18.0. The van der Waals surface area contributed by atoms with Crippen LogP contribution in [0.5, 0.6) is 11.5 Å². The molecule has 0 aliphatic carbocycles. The summed E-state index contributed by atoms with van der Waals surface area (Å²) in [5.41, 5.74) is 2.58. The Morgan fingerprint density at radius 2 is 1.79 bits per heavy atom. The van der Waals surface area contributed by atoms with Gasteiger partial charge in [-0.25, -0.2) is 4.98 Å². The second-order valence-corrected chi connectivity index (χ2v) is 6.60. The molecule has 2 N–H and O–H groups in total.